The number of carbonyl (C=O) groups is 2. The third kappa shape index (κ3) is 3.93. The fraction of sp³-hybridized carbons (Fsp3) is 0.278. The number of anilines is 1. The molecular weight excluding hydrogens is 323 g/mol. The van der Waals surface area contributed by atoms with Crippen molar-refractivity contribution in [1.82, 2.24) is 14.8 Å². The first-order valence-corrected chi connectivity index (χ1v) is 8.02. The Morgan fingerprint density at radius 1 is 1.28 bits per heavy atom. The van der Waals surface area contributed by atoms with Crippen LogP contribution in [0.3, 0.4) is 0 Å². The predicted octanol–water partition coefficient (Wildman–Crippen LogP) is 1.75. The molecule has 3 rings (SSSR count). The number of benzene rings is 1. The molecule has 2 heterocycles. The molecule has 7 heteroatoms. The van der Waals surface area contributed by atoms with Crippen LogP contribution in [0.5, 0.6) is 0 Å². The van der Waals surface area contributed by atoms with Gasteiger partial charge in [-0.05, 0) is 29.8 Å². The van der Waals surface area contributed by atoms with Gasteiger partial charge in [-0.25, -0.2) is 9.37 Å². The van der Waals surface area contributed by atoms with Gasteiger partial charge in [0.1, 0.15) is 18.2 Å². The van der Waals surface area contributed by atoms with Crippen molar-refractivity contribution in [2.24, 2.45) is 0 Å². The molecule has 0 radical (unpaired) electrons. The fourth-order valence-electron chi connectivity index (χ4n) is 2.79. The maximum absolute atomic E-state index is 13.3. The lowest BCUT2D eigenvalue weighted by Crippen LogP contribution is -2.51. The average molecular weight is 342 g/mol. The molecule has 1 aliphatic heterocycles. The molecule has 2 amide bonds. The van der Waals surface area contributed by atoms with Crippen LogP contribution in [0, 0.1) is 5.82 Å². The highest BCUT2D eigenvalue weighted by Crippen LogP contribution is 2.14. The van der Waals surface area contributed by atoms with Crippen LogP contribution in [0.4, 0.5) is 10.2 Å². The Kier molecular flexibility index (Phi) is 4.92. The summed E-state index contributed by atoms with van der Waals surface area (Å²) < 4.78 is 13.3. The highest BCUT2D eigenvalue weighted by atomic mass is 19.1. The lowest BCUT2D eigenvalue weighted by atomic mass is 10.1. The van der Waals surface area contributed by atoms with Gasteiger partial charge in [0.15, 0.2) is 0 Å². The Hall–Kier alpha value is -2.96. The summed E-state index contributed by atoms with van der Waals surface area (Å²) in [6.07, 6.45) is 1.56. The number of rotatable bonds is 4. The van der Waals surface area contributed by atoms with E-state index in [1.54, 1.807) is 42.4 Å². The second kappa shape index (κ2) is 7.29. The van der Waals surface area contributed by atoms with Gasteiger partial charge in [0.25, 0.3) is 5.91 Å². The Morgan fingerprint density at radius 3 is 2.84 bits per heavy atom. The van der Waals surface area contributed by atoms with Crippen molar-refractivity contribution in [3.63, 3.8) is 0 Å². The van der Waals surface area contributed by atoms with Crippen LogP contribution in [-0.2, 0) is 11.3 Å². The third-order valence-corrected chi connectivity index (χ3v) is 4.13. The SMILES string of the molecule is CNc1cc(C(=O)N2CCN(Cc3cccc(F)c3)C(=O)C2)ccn1. The quantitative estimate of drug-likeness (QED) is 0.919. The number of hydrogen-bond donors (Lipinski definition) is 1. The molecule has 25 heavy (non-hydrogen) atoms. The van der Waals surface area contributed by atoms with Gasteiger partial charge in [-0.1, -0.05) is 12.1 Å². The summed E-state index contributed by atoms with van der Waals surface area (Å²) in [6, 6.07) is 9.48. The number of nitrogens with zero attached hydrogens (tertiary/aromatic N) is 3. The Morgan fingerprint density at radius 2 is 2.12 bits per heavy atom. The summed E-state index contributed by atoms with van der Waals surface area (Å²) in [6.45, 7) is 1.23. The topological polar surface area (TPSA) is 65.5 Å². The molecule has 130 valence electrons. The van der Waals surface area contributed by atoms with Gasteiger partial charge in [0.2, 0.25) is 5.91 Å². The lowest BCUT2D eigenvalue weighted by molar-refractivity contribution is -0.135. The minimum absolute atomic E-state index is 0.0192. The normalized spacial score (nSPS) is 14.6. The number of carbonyl (C=O) groups excluding carboxylic acids is 2. The van der Waals surface area contributed by atoms with E-state index >= 15 is 0 Å². The summed E-state index contributed by atoms with van der Waals surface area (Å²) in [4.78, 5) is 32.2. The van der Waals surface area contributed by atoms with Gasteiger partial charge < -0.3 is 15.1 Å². The maximum atomic E-state index is 13.3. The smallest absolute Gasteiger partial charge is 0.254 e. The highest BCUT2D eigenvalue weighted by Gasteiger charge is 2.27. The zero-order valence-electron chi connectivity index (χ0n) is 13.9. The van der Waals surface area contributed by atoms with Crippen molar-refractivity contribution in [2.45, 2.75) is 6.54 Å². The van der Waals surface area contributed by atoms with Crippen molar-refractivity contribution < 1.29 is 14.0 Å². The molecule has 6 nitrogen and oxygen atoms in total. The van der Waals surface area contributed by atoms with Crippen LogP contribution in [0.15, 0.2) is 42.6 Å². The van der Waals surface area contributed by atoms with Crippen LogP contribution >= 0.6 is 0 Å². The van der Waals surface area contributed by atoms with Crippen molar-refractivity contribution >= 4 is 17.6 Å². The van der Waals surface area contributed by atoms with Gasteiger partial charge in [-0.3, -0.25) is 9.59 Å². The Labute approximate surface area is 145 Å². The second-order valence-electron chi connectivity index (χ2n) is 5.85. The average Bonchev–Trinajstić information content (AvgIpc) is 2.63. The molecule has 1 aliphatic rings. The van der Waals surface area contributed by atoms with Crippen LogP contribution < -0.4 is 5.32 Å². The monoisotopic (exact) mass is 342 g/mol. The number of aromatic nitrogens is 1. The van der Waals surface area contributed by atoms with Gasteiger partial charge in [0.05, 0.1) is 0 Å². The standard InChI is InChI=1S/C18H19FN4O2/c1-20-16-10-14(5-6-21-16)18(25)23-8-7-22(17(24)12-23)11-13-3-2-4-15(19)9-13/h2-6,9-10H,7-8,11-12H2,1H3,(H,20,21). The lowest BCUT2D eigenvalue weighted by Gasteiger charge is -2.34. The van der Waals surface area contributed by atoms with Gasteiger partial charge in [-0.15, -0.1) is 0 Å². The van der Waals surface area contributed by atoms with E-state index in [-0.39, 0.29) is 24.2 Å². The molecular formula is C18H19FN4O2. The predicted molar refractivity (Wildman–Crippen MR) is 91.5 cm³/mol. The number of hydrogen-bond acceptors (Lipinski definition) is 4. The summed E-state index contributed by atoms with van der Waals surface area (Å²) in [5, 5.41) is 2.89. The number of nitrogens with one attached hydrogen (secondary N) is 1. The Bertz CT molecular complexity index is 796. The van der Waals surface area contributed by atoms with E-state index in [2.05, 4.69) is 10.3 Å². The molecule has 0 saturated carbocycles. The molecule has 1 aromatic heterocycles. The van der Waals surface area contributed by atoms with Gasteiger partial charge >= 0.3 is 0 Å². The largest absolute Gasteiger partial charge is 0.373 e. The van der Waals surface area contributed by atoms with Gasteiger partial charge in [-0.2, -0.15) is 0 Å². The van der Waals surface area contributed by atoms with Crippen molar-refractivity contribution in [3.05, 3.63) is 59.5 Å². The summed E-state index contributed by atoms with van der Waals surface area (Å²) in [7, 11) is 1.73. The van der Waals surface area contributed by atoms with E-state index < -0.39 is 0 Å². The molecule has 1 fully saturated rings. The molecule has 0 bridgehead atoms. The molecule has 1 N–H and O–H groups in total. The number of halogens is 1. The van der Waals surface area contributed by atoms with Crippen LogP contribution in [-0.4, -0.2) is 53.3 Å². The summed E-state index contributed by atoms with van der Waals surface area (Å²) >= 11 is 0. The summed E-state index contributed by atoms with van der Waals surface area (Å²) in [5.41, 5.74) is 1.23. The van der Waals surface area contributed by atoms with E-state index in [4.69, 9.17) is 0 Å². The first-order valence-electron chi connectivity index (χ1n) is 8.02. The first kappa shape index (κ1) is 16.9. The van der Waals surface area contributed by atoms with Crippen molar-refractivity contribution in [3.8, 4) is 0 Å². The number of piperazine rings is 1. The van der Waals surface area contributed by atoms with Crippen LogP contribution in [0.25, 0.3) is 0 Å². The van der Waals surface area contributed by atoms with Crippen molar-refractivity contribution in [2.75, 3.05) is 32.0 Å². The van der Waals surface area contributed by atoms with Crippen LogP contribution in [0.1, 0.15) is 15.9 Å². The van der Waals surface area contributed by atoms with E-state index in [1.165, 1.54) is 17.0 Å². The third-order valence-electron chi connectivity index (χ3n) is 4.13. The van der Waals surface area contributed by atoms with Crippen molar-refractivity contribution in [1.29, 1.82) is 0 Å². The number of amides is 2. The van der Waals surface area contributed by atoms with E-state index in [0.29, 0.717) is 31.0 Å². The molecule has 0 unspecified atom stereocenters. The molecule has 0 spiro atoms. The first-order chi connectivity index (χ1) is 12.1. The minimum atomic E-state index is -0.322. The highest BCUT2D eigenvalue weighted by molar-refractivity contribution is 5.97. The fourth-order valence-corrected chi connectivity index (χ4v) is 2.79. The van der Waals surface area contributed by atoms with E-state index in [0.717, 1.165) is 5.56 Å². The summed E-state index contributed by atoms with van der Waals surface area (Å²) in [5.74, 6) is -0.0666. The molecule has 1 aromatic carbocycles. The second-order valence-corrected chi connectivity index (χ2v) is 5.85. The zero-order valence-corrected chi connectivity index (χ0v) is 13.9. The van der Waals surface area contributed by atoms with E-state index in [1.807, 2.05) is 0 Å². The molecule has 2 aromatic rings. The zero-order chi connectivity index (χ0) is 17.8. The van der Waals surface area contributed by atoms with Gasteiger partial charge in [0, 0.05) is 38.4 Å². The Balaban J connectivity index is 1.64. The maximum Gasteiger partial charge on any atom is 0.254 e. The van der Waals surface area contributed by atoms with Crippen LogP contribution in [0.2, 0.25) is 0 Å². The van der Waals surface area contributed by atoms with E-state index in [9.17, 15) is 14.0 Å². The molecule has 0 aliphatic carbocycles. The molecule has 0 atom stereocenters. The number of pyridine rings is 1. The molecule has 1 saturated heterocycles. The minimum Gasteiger partial charge on any atom is -0.373 e.